The zero-order chi connectivity index (χ0) is 78.5. The average Bonchev–Trinajstić information content (AvgIpc) is 0.806. The van der Waals surface area contributed by atoms with Crippen LogP contribution in [0.1, 0.15) is 183 Å². The lowest BCUT2D eigenvalue weighted by Crippen LogP contribution is -2.64. The van der Waals surface area contributed by atoms with Gasteiger partial charge in [0.25, 0.3) is 0 Å². The topological polar surface area (TPSA) is 306 Å². The van der Waals surface area contributed by atoms with Gasteiger partial charge in [-0.2, -0.15) is 11.8 Å². The Balaban J connectivity index is 3.09. The van der Waals surface area contributed by atoms with Crippen LogP contribution in [-0.4, -0.2) is 298 Å². The number of carbonyl (C=O) groups is 11. The molecule has 11 amide bonds. The number of nitrogens with zero attached hydrogens (tertiary/aromatic N) is 9. The first-order chi connectivity index (χ1) is 47.1. The molecule has 2 rings (SSSR count). The van der Waals surface area contributed by atoms with E-state index in [9.17, 15) is 29.4 Å². The number of hydrogen-bond donors (Lipinski definition) is 6. The summed E-state index contributed by atoms with van der Waals surface area (Å²) in [6, 6.07) is -14.4. The lowest BCUT2D eigenvalue weighted by atomic mass is 9.91. The van der Waals surface area contributed by atoms with E-state index in [4.69, 9.17) is 0 Å². The summed E-state index contributed by atoms with van der Waals surface area (Å²) in [7, 11) is 9.96. The Labute approximate surface area is 617 Å². The van der Waals surface area contributed by atoms with Crippen molar-refractivity contribution in [2.24, 2.45) is 40.9 Å². The lowest BCUT2D eigenvalue weighted by Gasteiger charge is -2.41. The van der Waals surface area contributed by atoms with Crippen molar-refractivity contribution in [2.45, 2.75) is 262 Å². The van der Waals surface area contributed by atoms with Gasteiger partial charge in [-0.15, -0.1) is 0 Å². The quantitative estimate of drug-likeness (QED) is 0.0640. The van der Waals surface area contributed by atoms with Crippen molar-refractivity contribution in [3.05, 3.63) is 12.2 Å². The third kappa shape index (κ3) is 27.5. The number of piperazine rings is 1. The number of hydrogen-bond acceptors (Lipinski definition) is 16. The molecule has 586 valence electrons. The average molecular weight is 1460 g/mol. The molecular formula is C75H137N13O13S. The Morgan fingerprint density at radius 1 is 0.500 bits per heavy atom. The van der Waals surface area contributed by atoms with Gasteiger partial charge in [0.05, 0.1) is 11.7 Å². The Morgan fingerprint density at radius 3 is 1.42 bits per heavy atom. The molecular weight excluding hydrogens is 1320 g/mol. The Kier molecular flexibility index (Phi) is 37.7. The number of rotatable bonds is 22. The van der Waals surface area contributed by atoms with E-state index in [1.54, 1.807) is 47.6 Å². The molecule has 0 bridgehead atoms. The van der Waals surface area contributed by atoms with E-state index in [2.05, 4.69) is 51.8 Å². The Hall–Kier alpha value is -5.90. The minimum Gasteiger partial charge on any atom is -0.390 e. The first-order valence-electron chi connectivity index (χ1n) is 37.2. The highest BCUT2D eigenvalue weighted by molar-refractivity contribution is 7.99. The molecule has 0 unspecified atom stereocenters. The van der Waals surface area contributed by atoms with E-state index >= 15 is 33.6 Å². The molecule has 0 aromatic heterocycles. The molecule has 0 aromatic carbocycles. The van der Waals surface area contributed by atoms with Crippen LogP contribution in [0.2, 0.25) is 0 Å². The third-order valence-corrected chi connectivity index (χ3v) is 20.7. The molecule has 13 atom stereocenters. The van der Waals surface area contributed by atoms with Crippen molar-refractivity contribution in [1.29, 1.82) is 0 Å². The summed E-state index contributed by atoms with van der Waals surface area (Å²) < 4.78 is 0. The fraction of sp³-hybridized carbons (Fsp3) is 0.827. The smallest absolute Gasteiger partial charge is 0.246 e. The number of likely N-dealkylation sites (N-methyl/N-ethyl adjacent to an activating group) is 7. The van der Waals surface area contributed by atoms with Crippen molar-refractivity contribution in [1.82, 2.24) is 65.4 Å². The molecule has 26 nitrogen and oxygen atoms in total. The molecule has 2 saturated heterocycles. The number of aliphatic hydroxyl groups is 2. The predicted molar refractivity (Wildman–Crippen MR) is 403 cm³/mol. The Morgan fingerprint density at radius 2 is 0.941 bits per heavy atom. The molecule has 2 aliphatic heterocycles. The SMILES string of the molecule is C/C=C/C[C@@H](C)[C@@H](O)[C@H]1C(=O)N[C@@H](CC)C(=O)N(C)[C@H](CSCCCN2CCN(CC(C)(C)C)CC2)C(=O)N(C)[C@@H](CC(C)(C)O)C(=O)N[C@@H](C(C)C)C(=O)N(C)[C@@H](CC(C)C)C(=O)N[C@@H](C)C(=O)N[C@H](C)C(=O)N(C)[C@@H](CC(C)C)C(=O)N(C)[C@@H](CC(C)C)C(=O)N(C)[C@@H](C(C)C)C(=O)N1C. The molecule has 0 spiro atoms. The minimum atomic E-state index is -1.66. The van der Waals surface area contributed by atoms with Gasteiger partial charge in [0.2, 0.25) is 65.0 Å². The fourth-order valence-electron chi connectivity index (χ4n) is 13.4. The molecule has 27 heteroatoms. The maximum atomic E-state index is 15.6. The standard InChI is InChI=1S/C75H137N13O13S/c1-28-30-32-50(13)62(89)61-66(93)78-53(29-2)68(95)84(25)58(43-102-38-31-33-87-34-36-88(37-35-87)44-74(16,17)18)71(98)83(24)57(42-75(19,20)101)65(92)79-59(48(9)10)72(99)80(21)54(39-45(3)4)64(91)76-51(14)63(90)77-52(15)67(94)81(22)55(40-46(5)6)69(96)82(23)56(41-47(7)8)70(97)85(26)60(49(11)12)73(100)86(61)27/h28,30,45-62,89,101H,29,31-44H2,1-27H3,(H,76,91)(H,77,90)(H,78,93)(H,79,92)/b30-28+/t50-,51+,52-,53+,54+,55+,56+,57+,58-,59+,60+,61+,62-/m1/s1. The van der Waals surface area contributed by atoms with E-state index in [0.29, 0.717) is 5.75 Å². The monoisotopic (exact) mass is 1460 g/mol. The second-order valence-corrected chi connectivity index (χ2v) is 34.0. The van der Waals surface area contributed by atoms with Gasteiger partial charge in [-0.05, 0) is 126 Å². The highest BCUT2D eigenvalue weighted by atomic mass is 32.2. The summed E-state index contributed by atoms with van der Waals surface area (Å²) in [5, 5.41) is 35.0. The number of aliphatic hydroxyl groups excluding tert-OH is 1. The normalized spacial score (nSPS) is 26.7. The maximum Gasteiger partial charge on any atom is 0.246 e. The summed E-state index contributed by atoms with van der Waals surface area (Å²) >= 11 is 1.44. The second-order valence-electron chi connectivity index (χ2n) is 32.8. The number of allylic oxidation sites excluding steroid dienone is 2. The van der Waals surface area contributed by atoms with Crippen LogP contribution in [0, 0.1) is 40.9 Å². The van der Waals surface area contributed by atoms with Gasteiger partial charge in [0.1, 0.15) is 66.5 Å². The maximum absolute atomic E-state index is 15.6. The molecule has 0 radical (unpaired) electrons. The van der Waals surface area contributed by atoms with Crippen molar-refractivity contribution in [3.8, 4) is 0 Å². The first-order valence-corrected chi connectivity index (χ1v) is 38.3. The number of thioether (sulfide) groups is 1. The van der Waals surface area contributed by atoms with Crippen molar-refractivity contribution >= 4 is 76.7 Å². The zero-order valence-corrected chi connectivity index (χ0v) is 68.3. The van der Waals surface area contributed by atoms with Crippen LogP contribution in [-0.2, 0) is 52.7 Å². The number of amides is 11. The number of nitrogens with one attached hydrogen (secondary N) is 4. The highest BCUT2D eigenvalue weighted by Crippen LogP contribution is 2.27. The molecule has 6 N–H and O–H groups in total. The summed E-state index contributed by atoms with van der Waals surface area (Å²) in [4.78, 5) is 179. The Bertz CT molecular complexity index is 2800. The summed E-state index contributed by atoms with van der Waals surface area (Å²) in [6.45, 7) is 41.3. The van der Waals surface area contributed by atoms with E-state index < -0.39 is 161 Å². The second kappa shape index (κ2) is 41.7. The number of carbonyl (C=O) groups excluding carboxylic acids is 11. The van der Waals surface area contributed by atoms with Gasteiger partial charge in [0, 0.05) is 94.2 Å². The lowest BCUT2D eigenvalue weighted by molar-refractivity contribution is -0.157. The van der Waals surface area contributed by atoms with Gasteiger partial charge < -0.3 is 75.6 Å². The molecule has 0 saturated carbocycles. The zero-order valence-electron chi connectivity index (χ0n) is 67.5. The largest absolute Gasteiger partial charge is 0.390 e. The minimum absolute atomic E-state index is 0.0245. The summed E-state index contributed by atoms with van der Waals surface area (Å²) in [5.41, 5.74) is -1.42. The van der Waals surface area contributed by atoms with Gasteiger partial charge in [-0.1, -0.05) is 116 Å². The van der Waals surface area contributed by atoms with Crippen LogP contribution in [0.3, 0.4) is 0 Å². The molecule has 2 heterocycles. The molecule has 0 aromatic rings. The van der Waals surface area contributed by atoms with Crippen LogP contribution in [0.25, 0.3) is 0 Å². The van der Waals surface area contributed by atoms with Crippen LogP contribution in [0.5, 0.6) is 0 Å². The van der Waals surface area contributed by atoms with Gasteiger partial charge in [-0.25, -0.2) is 0 Å². The van der Waals surface area contributed by atoms with Gasteiger partial charge in [0.15, 0.2) is 0 Å². The van der Waals surface area contributed by atoms with Gasteiger partial charge in [-0.3, -0.25) is 52.7 Å². The van der Waals surface area contributed by atoms with Crippen molar-refractivity contribution < 1.29 is 63.0 Å². The molecule has 102 heavy (non-hydrogen) atoms. The van der Waals surface area contributed by atoms with Crippen molar-refractivity contribution in [2.75, 3.05) is 100 Å². The van der Waals surface area contributed by atoms with Gasteiger partial charge >= 0.3 is 0 Å². The molecule has 2 aliphatic rings. The van der Waals surface area contributed by atoms with E-state index in [0.717, 1.165) is 50.6 Å². The van der Waals surface area contributed by atoms with Crippen LogP contribution >= 0.6 is 11.8 Å². The first kappa shape index (κ1) is 92.2. The van der Waals surface area contributed by atoms with E-state index in [-0.39, 0.29) is 67.4 Å². The molecule has 2 fully saturated rings. The van der Waals surface area contributed by atoms with Crippen LogP contribution in [0.4, 0.5) is 0 Å². The summed E-state index contributed by atoms with van der Waals surface area (Å²) in [6.07, 6.45) is 3.13. The van der Waals surface area contributed by atoms with Crippen LogP contribution in [0.15, 0.2) is 12.2 Å². The van der Waals surface area contributed by atoms with Crippen molar-refractivity contribution in [3.63, 3.8) is 0 Å². The predicted octanol–water partition coefficient (Wildman–Crippen LogP) is 4.54. The van der Waals surface area contributed by atoms with E-state index in [1.807, 2.05) is 54.5 Å². The fourth-order valence-corrected chi connectivity index (χ4v) is 14.5. The highest BCUT2D eigenvalue weighted by Gasteiger charge is 2.47. The third-order valence-electron chi connectivity index (χ3n) is 19.6. The van der Waals surface area contributed by atoms with E-state index in [1.165, 1.54) is 118 Å². The van der Waals surface area contributed by atoms with Crippen LogP contribution < -0.4 is 21.3 Å². The molecule has 0 aliphatic carbocycles. The summed E-state index contributed by atoms with van der Waals surface area (Å²) in [5.74, 6) is -9.61.